The predicted octanol–water partition coefficient (Wildman–Crippen LogP) is 2.68. The average Bonchev–Trinajstić information content (AvgIpc) is 3.24. The Morgan fingerprint density at radius 2 is 2.12 bits per heavy atom. The van der Waals surface area contributed by atoms with E-state index in [1.807, 2.05) is 5.38 Å². The fraction of sp³-hybridized carbons (Fsp3) is 0.429. The Balaban J connectivity index is 1.54. The largest absolute Gasteiger partial charge is 0.350 e. The lowest BCUT2D eigenvalue weighted by atomic mass is 9.97. The lowest BCUT2D eigenvalue weighted by Crippen LogP contribution is -2.42. The fourth-order valence-electron chi connectivity index (χ4n) is 2.57. The van der Waals surface area contributed by atoms with E-state index < -0.39 is 10.0 Å². The van der Waals surface area contributed by atoms with Crippen molar-refractivity contribution in [3.05, 3.63) is 32.5 Å². The van der Waals surface area contributed by atoms with Crippen LogP contribution < -0.4 is 5.32 Å². The van der Waals surface area contributed by atoms with Crippen molar-refractivity contribution in [2.45, 2.75) is 23.6 Å². The molecule has 2 aromatic rings. The molecule has 1 fully saturated rings. The number of amides is 1. The Labute approximate surface area is 157 Å². The molecule has 3 heterocycles. The average molecular weight is 450 g/mol. The van der Waals surface area contributed by atoms with Crippen LogP contribution >= 0.6 is 38.6 Å². The first-order chi connectivity index (χ1) is 11.5. The minimum atomic E-state index is -3.46. The fourth-order valence-corrected chi connectivity index (χ4v) is 6.76. The van der Waals surface area contributed by atoms with Crippen molar-refractivity contribution in [3.63, 3.8) is 0 Å². The SMILES string of the molecule is O=C(NCc1cscn1)C1CCN(S(=O)(=O)c2ccc(Br)s2)CC1. The summed E-state index contributed by atoms with van der Waals surface area (Å²) < 4.78 is 27.7. The summed E-state index contributed by atoms with van der Waals surface area (Å²) >= 11 is 5.98. The number of hydrogen-bond acceptors (Lipinski definition) is 6. The minimum absolute atomic E-state index is 0.0288. The summed E-state index contributed by atoms with van der Waals surface area (Å²) in [6.45, 7) is 1.16. The lowest BCUT2D eigenvalue weighted by Gasteiger charge is -2.30. The third kappa shape index (κ3) is 4.05. The molecule has 0 unspecified atom stereocenters. The molecule has 0 saturated carbocycles. The van der Waals surface area contributed by atoms with Crippen LogP contribution in [0.2, 0.25) is 0 Å². The molecule has 24 heavy (non-hydrogen) atoms. The van der Waals surface area contributed by atoms with Gasteiger partial charge >= 0.3 is 0 Å². The van der Waals surface area contributed by atoms with Gasteiger partial charge in [-0.3, -0.25) is 4.79 Å². The maximum Gasteiger partial charge on any atom is 0.252 e. The second-order valence-electron chi connectivity index (χ2n) is 5.43. The zero-order chi connectivity index (χ0) is 17.2. The molecule has 6 nitrogen and oxygen atoms in total. The van der Waals surface area contributed by atoms with Crippen molar-refractivity contribution in [1.29, 1.82) is 0 Å². The molecule has 3 rings (SSSR count). The van der Waals surface area contributed by atoms with Gasteiger partial charge in [-0.05, 0) is 40.9 Å². The van der Waals surface area contributed by atoms with Crippen LogP contribution in [0.3, 0.4) is 0 Å². The summed E-state index contributed by atoms with van der Waals surface area (Å²) in [7, 11) is -3.46. The number of nitrogens with zero attached hydrogens (tertiary/aromatic N) is 2. The van der Waals surface area contributed by atoms with Crippen molar-refractivity contribution >= 4 is 54.5 Å². The molecule has 10 heteroatoms. The summed E-state index contributed by atoms with van der Waals surface area (Å²) in [4.78, 5) is 16.3. The Morgan fingerprint density at radius 3 is 2.71 bits per heavy atom. The number of aromatic nitrogens is 1. The first-order valence-corrected chi connectivity index (χ1v) is 11.4. The van der Waals surface area contributed by atoms with Crippen molar-refractivity contribution in [2.75, 3.05) is 13.1 Å². The highest BCUT2D eigenvalue weighted by molar-refractivity contribution is 9.11. The normalized spacial score (nSPS) is 17.0. The van der Waals surface area contributed by atoms with Gasteiger partial charge in [0.15, 0.2) is 0 Å². The smallest absolute Gasteiger partial charge is 0.252 e. The maximum absolute atomic E-state index is 12.6. The molecule has 1 saturated heterocycles. The zero-order valence-corrected chi connectivity index (χ0v) is 16.7. The van der Waals surface area contributed by atoms with E-state index in [1.54, 1.807) is 17.6 Å². The van der Waals surface area contributed by atoms with Gasteiger partial charge in [0.2, 0.25) is 5.91 Å². The molecule has 1 amide bonds. The van der Waals surface area contributed by atoms with Gasteiger partial charge in [0, 0.05) is 24.4 Å². The molecular weight excluding hydrogens is 434 g/mol. The Morgan fingerprint density at radius 1 is 1.38 bits per heavy atom. The summed E-state index contributed by atoms with van der Waals surface area (Å²) in [5.74, 6) is -0.177. The summed E-state index contributed by atoms with van der Waals surface area (Å²) in [5, 5.41) is 4.77. The highest BCUT2D eigenvalue weighted by Gasteiger charge is 2.32. The molecule has 130 valence electrons. The second-order valence-corrected chi connectivity index (χ2v) is 10.8. The third-order valence-electron chi connectivity index (χ3n) is 3.89. The highest BCUT2D eigenvalue weighted by atomic mass is 79.9. The first-order valence-electron chi connectivity index (χ1n) is 7.37. The number of piperidine rings is 1. The van der Waals surface area contributed by atoms with Gasteiger partial charge in [-0.2, -0.15) is 4.31 Å². The number of hydrogen-bond donors (Lipinski definition) is 1. The van der Waals surface area contributed by atoms with Crippen molar-refractivity contribution < 1.29 is 13.2 Å². The Bertz CT molecular complexity index is 796. The van der Waals surface area contributed by atoms with E-state index in [0.29, 0.717) is 36.7 Å². The molecule has 0 atom stereocenters. The molecule has 0 radical (unpaired) electrons. The lowest BCUT2D eigenvalue weighted by molar-refractivity contribution is -0.126. The number of halogens is 1. The molecule has 2 aromatic heterocycles. The van der Waals surface area contributed by atoms with Crippen LogP contribution in [0.4, 0.5) is 0 Å². The first kappa shape index (κ1) is 18.0. The van der Waals surface area contributed by atoms with E-state index in [9.17, 15) is 13.2 Å². The minimum Gasteiger partial charge on any atom is -0.350 e. The number of thiophene rings is 1. The molecule has 1 aliphatic rings. The monoisotopic (exact) mass is 449 g/mol. The van der Waals surface area contributed by atoms with E-state index >= 15 is 0 Å². The maximum atomic E-state index is 12.6. The van der Waals surface area contributed by atoms with Gasteiger partial charge in [0.25, 0.3) is 10.0 Å². The Hall–Kier alpha value is -0.810. The number of thiazole rings is 1. The number of carbonyl (C=O) groups is 1. The molecule has 1 N–H and O–H groups in total. The van der Waals surface area contributed by atoms with E-state index in [2.05, 4.69) is 26.2 Å². The Kier molecular flexibility index (Phi) is 5.70. The summed E-state index contributed by atoms with van der Waals surface area (Å²) in [6, 6.07) is 3.34. The zero-order valence-electron chi connectivity index (χ0n) is 12.6. The molecule has 0 aromatic carbocycles. The number of carbonyl (C=O) groups excluding carboxylic acids is 1. The molecule has 0 aliphatic carbocycles. The topological polar surface area (TPSA) is 79.4 Å². The standard InChI is InChI=1S/C14H16BrN3O3S3/c15-12-1-2-13(23-12)24(20,21)18-5-3-10(4-6-18)14(19)16-7-11-8-22-9-17-11/h1-2,8-10H,3-7H2,(H,16,19). The van der Waals surface area contributed by atoms with Gasteiger partial charge in [-0.25, -0.2) is 13.4 Å². The van der Waals surface area contributed by atoms with Crippen LogP contribution in [0.5, 0.6) is 0 Å². The number of rotatable bonds is 5. The van der Waals surface area contributed by atoms with Crippen LogP contribution in [-0.4, -0.2) is 36.7 Å². The van der Waals surface area contributed by atoms with Crippen molar-refractivity contribution in [2.24, 2.45) is 5.92 Å². The highest BCUT2D eigenvalue weighted by Crippen LogP contribution is 2.30. The second kappa shape index (κ2) is 7.61. The third-order valence-corrected chi connectivity index (χ3v) is 8.52. The molecule has 0 spiro atoms. The van der Waals surface area contributed by atoms with E-state index in [4.69, 9.17) is 0 Å². The van der Waals surface area contributed by atoms with E-state index in [0.717, 1.165) is 9.48 Å². The van der Waals surface area contributed by atoms with E-state index in [1.165, 1.54) is 27.0 Å². The molecule has 1 aliphatic heterocycles. The van der Waals surface area contributed by atoms with Crippen LogP contribution in [0.15, 0.2) is 31.0 Å². The van der Waals surface area contributed by atoms with Crippen LogP contribution in [0.1, 0.15) is 18.5 Å². The number of sulfonamides is 1. The van der Waals surface area contributed by atoms with Crippen LogP contribution in [-0.2, 0) is 21.4 Å². The van der Waals surface area contributed by atoms with Gasteiger partial charge in [-0.1, -0.05) is 0 Å². The van der Waals surface area contributed by atoms with Gasteiger partial charge < -0.3 is 5.32 Å². The summed E-state index contributed by atoms with van der Waals surface area (Å²) in [5.41, 5.74) is 2.57. The molecular formula is C14H16BrN3O3S3. The van der Waals surface area contributed by atoms with Gasteiger partial charge in [0.05, 0.1) is 21.5 Å². The predicted molar refractivity (Wildman–Crippen MR) is 97.5 cm³/mol. The van der Waals surface area contributed by atoms with Gasteiger partial charge in [0.1, 0.15) is 4.21 Å². The van der Waals surface area contributed by atoms with Crippen molar-refractivity contribution in [3.8, 4) is 0 Å². The van der Waals surface area contributed by atoms with Gasteiger partial charge in [-0.15, -0.1) is 22.7 Å². The van der Waals surface area contributed by atoms with Crippen LogP contribution in [0, 0.1) is 5.92 Å². The van der Waals surface area contributed by atoms with Crippen LogP contribution in [0.25, 0.3) is 0 Å². The number of nitrogens with one attached hydrogen (secondary N) is 1. The van der Waals surface area contributed by atoms with E-state index in [-0.39, 0.29) is 11.8 Å². The molecule has 0 bridgehead atoms. The van der Waals surface area contributed by atoms with Crippen molar-refractivity contribution in [1.82, 2.24) is 14.6 Å². The summed E-state index contributed by atoms with van der Waals surface area (Å²) in [6.07, 6.45) is 1.07. The quantitative estimate of drug-likeness (QED) is 0.760.